The second kappa shape index (κ2) is 9.87. The second-order valence-corrected chi connectivity index (χ2v) is 5.93. The minimum atomic E-state index is 0.223. The van der Waals surface area contributed by atoms with E-state index in [1.54, 1.807) is 7.11 Å². The van der Waals surface area contributed by atoms with Gasteiger partial charge in [0.2, 0.25) is 0 Å². The Kier molecular flexibility index (Phi) is 8.16. The summed E-state index contributed by atoms with van der Waals surface area (Å²) in [6, 6.07) is 8.48. The Hall–Kier alpha value is -2.04. The van der Waals surface area contributed by atoms with Gasteiger partial charge in [0.1, 0.15) is 5.75 Å². The van der Waals surface area contributed by atoms with Crippen LogP contribution in [0.15, 0.2) is 46.3 Å². The smallest absolute Gasteiger partial charge is 0.120 e. The molecule has 1 atom stereocenters. The lowest BCUT2D eigenvalue weighted by atomic mass is 10.0. The first kappa shape index (κ1) is 19.0. The number of allylic oxidation sites excluding steroid dienone is 1. The standard InChI is InChI=1S/C18H30N4O/c1-7-15(4)18(11-12-22(5)21-20-14(2)3)19-16-9-8-10-17(13-16)23-6/h7-10,13-14,18-19H,11-12H2,1-6H3/b15-7+,21-20-. The van der Waals surface area contributed by atoms with Crippen LogP contribution in [0.5, 0.6) is 5.75 Å². The van der Waals surface area contributed by atoms with Gasteiger partial charge < -0.3 is 10.1 Å². The van der Waals surface area contributed by atoms with Gasteiger partial charge >= 0.3 is 0 Å². The number of nitrogens with zero attached hydrogens (tertiary/aromatic N) is 3. The molecule has 0 radical (unpaired) electrons. The molecule has 23 heavy (non-hydrogen) atoms. The summed E-state index contributed by atoms with van der Waals surface area (Å²) in [5, 5.41) is 13.8. The van der Waals surface area contributed by atoms with Crippen molar-refractivity contribution in [1.82, 2.24) is 5.01 Å². The van der Waals surface area contributed by atoms with Gasteiger partial charge in [-0.1, -0.05) is 22.9 Å². The van der Waals surface area contributed by atoms with Crippen molar-refractivity contribution in [3.8, 4) is 5.75 Å². The lowest BCUT2D eigenvalue weighted by Crippen LogP contribution is -2.26. The minimum absolute atomic E-state index is 0.223. The summed E-state index contributed by atoms with van der Waals surface area (Å²) in [5.74, 6) is 0.856. The van der Waals surface area contributed by atoms with Crippen molar-refractivity contribution >= 4 is 5.69 Å². The summed E-state index contributed by atoms with van der Waals surface area (Å²) in [5.41, 5.74) is 2.36. The molecule has 0 bridgehead atoms. The monoisotopic (exact) mass is 318 g/mol. The maximum absolute atomic E-state index is 5.29. The van der Waals surface area contributed by atoms with Crippen LogP contribution in [0.1, 0.15) is 34.1 Å². The van der Waals surface area contributed by atoms with Crippen molar-refractivity contribution in [1.29, 1.82) is 0 Å². The molecular weight excluding hydrogens is 288 g/mol. The van der Waals surface area contributed by atoms with E-state index in [2.05, 4.69) is 41.6 Å². The quantitative estimate of drug-likeness (QED) is 0.413. The lowest BCUT2D eigenvalue weighted by molar-refractivity contribution is 0.312. The average Bonchev–Trinajstić information content (AvgIpc) is 2.56. The maximum atomic E-state index is 5.29. The number of methoxy groups -OCH3 is 1. The van der Waals surface area contributed by atoms with E-state index in [-0.39, 0.29) is 12.1 Å². The highest BCUT2D eigenvalue weighted by Crippen LogP contribution is 2.20. The predicted octanol–water partition coefficient (Wildman–Crippen LogP) is 4.54. The molecule has 0 spiro atoms. The van der Waals surface area contributed by atoms with Gasteiger partial charge in [-0.25, -0.2) is 0 Å². The number of nitrogens with one attached hydrogen (secondary N) is 1. The summed E-state index contributed by atoms with van der Waals surface area (Å²) >= 11 is 0. The van der Waals surface area contributed by atoms with Crippen molar-refractivity contribution in [3.63, 3.8) is 0 Å². The molecule has 1 N–H and O–H groups in total. The third-order valence-electron chi connectivity index (χ3n) is 3.59. The normalized spacial score (nSPS) is 13.4. The Bertz CT molecular complexity index is 526. The van der Waals surface area contributed by atoms with Crippen LogP contribution in [0.3, 0.4) is 0 Å². The van der Waals surface area contributed by atoms with Crippen molar-refractivity contribution in [2.75, 3.05) is 26.0 Å². The van der Waals surface area contributed by atoms with Gasteiger partial charge in [0.05, 0.1) is 13.2 Å². The summed E-state index contributed by atoms with van der Waals surface area (Å²) in [7, 11) is 3.64. The highest BCUT2D eigenvalue weighted by atomic mass is 16.5. The van der Waals surface area contributed by atoms with E-state index in [0.29, 0.717) is 0 Å². The Balaban J connectivity index is 2.69. The van der Waals surface area contributed by atoms with Gasteiger partial charge in [-0.2, -0.15) is 5.11 Å². The van der Waals surface area contributed by atoms with Gasteiger partial charge in [-0.3, -0.25) is 5.01 Å². The SMILES string of the molecule is C/C=C(\C)C(CCN(C)/N=N\C(C)C)Nc1cccc(OC)c1. The lowest BCUT2D eigenvalue weighted by Gasteiger charge is -2.23. The number of anilines is 1. The van der Waals surface area contributed by atoms with Gasteiger partial charge in [0, 0.05) is 31.4 Å². The van der Waals surface area contributed by atoms with Crippen LogP contribution < -0.4 is 10.1 Å². The molecular formula is C18H30N4O. The second-order valence-electron chi connectivity index (χ2n) is 5.93. The number of hydrogen-bond acceptors (Lipinski definition) is 4. The zero-order valence-corrected chi connectivity index (χ0v) is 15.2. The Labute approximate surface area is 140 Å². The van der Waals surface area contributed by atoms with Gasteiger partial charge in [0.15, 0.2) is 0 Å². The molecule has 0 aliphatic heterocycles. The highest BCUT2D eigenvalue weighted by Gasteiger charge is 2.12. The molecule has 1 unspecified atom stereocenters. The number of benzene rings is 1. The zero-order valence-electron chi connectivity index (χ0n) is 15.2. The summed E-state index contributed by atoms with van der Waals surface area (Å²) in [6.07, 6.45) is 3.09. The average molecular weight is 318 g/mol. The van der Waals surface area contributed by atoms with Crippen molar-refractivity contribution in [2.45, 2.75) is 46.2 Å². The first-order chi connectivity index (χ1) is 11.0. The Morgan fingerprint density at radius 2 is 2.13 bits per heavy atom. The summed E-state index contributed by atoms with van der Waals surface area (Å²) < 4.78 is 5.29. The molecule has 0 aliphatic carbocycles. The molecule has 0 aliphatic rings. The van der Waals surface area contributed by atoms with Crippen LogP contribution in [0.2, 0.25) is 0 Å². The molecule has 1 rings (SSSR count). The van der Waals surface area contributed by atoms with Gasteiger partial charge in [0.25, 0.3) is 0 Å². The van der Waals surface area contributed by atoms with E-state index in [9.17, 15) is 0 Å². The van der Waals surface area contributed by atoms with E-state index in [1.165, 1.54) is 5.57 Å². The third kappa shape index (κ3) is 7.17. The van der Waals surface area contributed by atoms with Crippen LogP contribution in [-0.2, 0) is 0 Å². The minimum Gasteiger partial charge on any atom is -0.497 e. The fourth-order valence-electron chi connectivity index (χ4n) is 2.08. The van der Waals surface area contributed by atoms with Crippen LogP contribution in [0.25, 0.3) is 0 Å². The zero-order chi connectivity index (χ0) is 17.2. The third-order valence-corrected chi connectivity index (χ3v) is 3.59. The summed E-state index contributed by atoms with van der Waals surface area (Å²) in [6.45, 7) is 9.09. The fourth-order valence-corrected chi connectivity index (χ4v) is 2.08. The van der Waals surface area contributed by atoms with Crippen LogP contribution in [0.4, 0.5) is 5.69 Å². The molecule has 0 heterocycles. The first-order valence-electron chi connectivity index (χ1n) is 8.11. The van der Waals surface area contributed by atoms with E-state index < -0.39 is 0 Å². The molecule has 0 aromatic heterocycles. The molecule has 0 saturated carbocycles. The van der Waals surface area contributed by atoms with E-state index in [0.717, 1.165) is 24.4 Å². The number of hydrogen-bond donors (Lipinski definition) is 1. The van der Waals surface area contributed by atoms with Crippen molar-refractivity contribution in [3.05, 3.63) is 35.9 Å². The highest BCUT2D eigenvalue weighted by molar-refractivity contribution is 5.50. The Morgan fingerprint density at radius 1 is 1.39 bits per heavy atom. The van der Waals surface area contributed by atoms with Crippen molar-refractivity contribution in [2.24, 2.45) is 10.3 Å². The molecule has 1 aromatic rings. The van der Waals surface area contributed by atoms with E-state index in [1.807, 2.05) is 44.1 Å². The molecule has 0 saturated heterocycles. The van der Waals surface area contributed by atoms with Crippen LogP contribution in [0, 0.1) is 0 Å². The molecule has 5 heteroatoms. The topological polar surface area (TPSA) is 49.2 Å². The maximum Gasteiger partial charge on any atom is 0.120 e. The largest absolute Gasteiger partial charge is 0.497 e. The molecule has 0 amide bonds. The molecule has 1 aromatic carbocycles. The predicted molar refractivity (Wildman–Crippen MR) is 97.1 cm³/mol. The van der Waals surface area contributed by atoms with Crippen LogP contribution in [-0.4, -0.2) is 37.8 Å². The fraction of sp³-hybridized carbons (Fsp3) is 0.556. The van der Waals surface area contributed by atoms with Crippen LogP contribution >= 0.6 is 0 Å². The van der Waals surface area contributed by atoms with Gasteiger partial charge in [-0.15, -0.1) is 0 Å². The number of rotatable bonds is 9. The Morgan fingerprint density at radius 3 is 2.74 bits per heavy atom. The molecule has 5 nitrogen and oxygen atoms in total. The van der Waals surface area contributed by atoms with E-state index in [4.69, 9.17) is 4.74 Å². The number of ether oxygens (including phenoxy) is 1. The summed E-state index contributed by atoms with van der Waals surface area (Å²) in [4.78, 5) is 0. The van der Waals surface area contributed by atoms with Gasteiger partial charge in [-0.05, 0) is 46.2 Å². The first-order valence-corrected chi connectivity index (χ1v) is 8.11. The molecule has 0 fully saturated rings. The van der Waals surface area contributed by atoms with Crippen molar-refractivity contribution < 1.29 is 4.74 Å². The molecule has 128 valence electrons. The van der Waals surface area contributed by atoms with E-state index >= 15 is 0 Å².